The van der Waals surface area contributed by atoms with Gasteiger partial charge in [0.25, 0.3) is 5.89 Å². The van der Waals surface area contributed by atoms with Crippen LogP contribution in [0.4, 0.5) is 0 Å². The standard InChI is InChI=1S/C19H18ClN3O2/c20-16-3-1-2-13-4-5-15(22-17(13)16)12-23-9-6-14(7-10-23)18(24)19-21-8-11-25-19/h1-5,8,11,14H,6-7,9-10,12H2. The fraction of sp³-hybridized carbons (Fsp3) is 0.316. The van der Waals surface area contributed by atoms with Crippen LogP contribution < -0.4 is 0 Å². The number of hydrogen-bond donors (Lipinski definition) is 0. The molecule has 128 valence electrons. The number of carbonyl (C=O) groups is 1. The van der Waals surface area contributed by atoms with E-state index in [0.717, 1.165) is 49.1 Å². The third kappa shape index (κ3) is 3.43. The van der Waals surface area contributed by atoms with Crippen molar-refractivity contribution < 1.29 is 9.21 Å². The fourth-order valence-electron chi connectivity index (χ4n) is 3.34. The molecule has 0 radical (unpaired) electrons. The zero-order chi connectivity index (χ0) is 17.2. The van der Waals surface area contributed by atoms with Crippen molar-refractivity contribution in [2.45, 2.75) is 19.4 Å². The number of rotatable bonds is 4. The second kappa shape index (κ2) is 6.94. The molecule has 1 aliphatic rings. The third-order valence-corrected chi connectivity index (χ3v) is 5.02. The highest BCUT2D eigenvalue weighted by Crippen LogP contribution is 2.24. The maximum atomic E-state index is 12.3. The van der Waals surface area contributed by atoms with Gasteiger partial charge in [0.15, 0.2) is 0 Å². The molecule has 0 bridgehead atoms. The summed E-state index contributed by atoms with van der Waals surface area (Å²) in [6.45, 7) is 2.49. The molecule has 3 heterocycles. The normalized spacial score (nSPS) is 16.4. The quantitative estimate of drug-likeness (QED) is 0.663. The van der Waals surface area contributed by atoms with Crippen molar-refractivity contribution in [3.8, 4) is 0 Å². The number of para-hydroxylation sites is 1. The van der Waals surface area contributed by atoms with Crippen LogP contribution in [0.2, 0.25) is 5.02 Å². The van der Waals surface area contributed by atoms with Gasteiger partial charge in [-0.3, -0.25) is 9.69 Å². The highest BCUT2D eigenvalue weighted by atomic mass is 35.5. The number of benzene rings is 1. The van der Waals surface area contributed by atoms with Gasteiger partial charge < -0.3 is 4.42 Å². The average Bonchev–Trinajstić information content (AvgIpc) is 3.17. The van der Waals surface area contributed by atoms with E-state index in [1.165, 1.54) is 12.5 Å². The summed E-state index contributed by atoms with van der Waals surface area (Å²) in [6, 6.07) is 9.91. The lowest BCUT2D eigenvalue weighted by atomic mass is 9.92. The van der Waals surface area contributed by atoms with Gasteiger partial charge in [0.2, 0.25) is 5.78 Å². The Kier molecular flexibility index (Phi) is 4.51. The Balaban J connectivity index is 1.40. The van der Waals surface area contributed by atoms with E-state index in [-0.39, 0.29) is 17.6 Å². The number of carbonyl (C=O) groups excluding carboxylic acids is 1. The van der Waals surface area contributed by atoms with Crippen LogP contribution >= 0.6 is 11.6 Å². The lowest BCUT2D eigenvalue weighted by Gasteiger charge is -2.30. The van der Waals surface area contributed by atoms with Crippen LogP contribution in [-0.4, -0.2) is 33.7 Å². The van der Waals surface area contributed by atoms with E-state index in [2.05, 4.69) is 16.0 Å². The maximum Gasteiger partial charge on any atom is 0.263 e. The number of hydrogen-bond acceptors (Lipinski definition) is 5. The van der Waals surface area contributed by atoms with E-state index in [1.54, 1.807) is 0 Å². The molecule has 0 amide bonds. The van der Waals surface area contributed by atoms with Crippen LogP contribution in [0.1, 0.15) is 29.2 Å². The first-order chi connectivity index (χ1) is 12.2. The SMILES string of the molecule is O=C(c1ncco1)C1CCN(Cc2ccc3cccc(Cl)c3n2)CC1. The molecule has 1 saturated heterocycles. The molecule has 0 aliphatic carbocycles. The van der Waals surface area contributed by atoms with Crippen molar-refractivity contribution in [1.29, 1.82) is 0 Å². The molecule has 0 saturated carbocycles. The number of pyridine rings is 1. The summed E-state index contributed by atoms with van der Waals surface area (Å²) < 4.78 is 5.13. The van der Waals surface area contributed by atoms with Gasteiger partial charge in [-0.1, -0.05) is 29.8 Å². The second-order valence-electron chi connectivity index (χ2n) is 6.37. The van der Waals surface area contributed by atoms with Gasteiger partial charge >= 0.3 is 0 Å². The molecule has 0 spiro atoms. The molecule has 3 aromatic rings. The first-order valence-electron chi connectivity index (χ1n) is 8.41. The average molecular weight is 356 g/mol. The van der Waals surface area contributed by atoms with Gasteiger partial charge in [0, 0.05) is 17.8 Å². The van der Waals surface area contributed by atoms with Gasteiger partial charge in [-0.05, 0) is 38.1 Å². The minimum Gasteiger partial charge on any atom is -0.442 e. The number of ketones is 1. The van der Waals surface area contributed by atoms with Crippen molar-refractivity contribution in [3.63, 3.8) is 0 Å². The molecule has 1 fully saturated rings. The number of fused-ring (bicyclic) bond motifs is 1. The minimum absolute atomic E-state index is 0.00564. The summed E-state index contributed by atoms with van der Waals surface area (Å²) in [7, 11) is 0. The number of piperidine rings is 1. The molecule has 1 aliphatic heterocycles. The Bertz CT molecular complexity index is 887. The van der Waals surface area contributed by atoms with Crippen LogP contribution in [-0.2, 0) is 6.54 Å². The third-order valence-electron chi connectivity index (χ3n) is 4.72. The molecule has 6 heteroatoms. The molecule has 0 atom stereocenters. The zero-order valence-corrected chi connectivity index (χ0v) is 14.4. The number of halogens is 1. The van der Waals surface area contributed by atoms with Gasteiger partial charge in [0.1, 0.15) is 6.26 Å². The highest BCUT2D eigenvalue weighted by molar-refractivity contribution is 6.35. The largest absolute Gasteiger partial charge is 0.442 e. The number of oxazole rings is 1. The molecule has 0 unspecified atom stereocenters. The Hall–Kier alpha value is -2.24. The Morgan fingerprint density at radius 1 is 1.24 bits per heavy atom. The summed E-state index contributed by atoms with van der Waals surface area (Å²) in [6.07, 6.45) is 4.59. The van der Waals surface area contributed by atoms with E-state index in [9.17, 15) is 4.79 Å². The molecule has 2 aromatic heterocycles. The summed E-state index contributed by atoms with van der Waals surface area (Å²) in [5, 5.41) is 1.72. The summed E-state index contributed by atoms with van der Waals surface area (Å²) in [4.78, 5) is 23.3. The first-order valence-corrected chi connectivity index (χ1v) is 8.79. The topological polar surface area (TPSA) is 59.2 Å². The van der Waals surface area contributed by atoms with E-state index in [4.69, 9.17) is 21.0 Å². The summed E-state index contributed by atoms with van der Waals surface area (Å²) in [5.41, 5.74) is 1.84. The van der Waals surface area contributed by atoms with E-state index in [1.807, 2.05) is 24.3 Å². The summed E-state index contributed by atoms with van der Waals surface area (Å²) >= 11 is 6.25. The highest BCUT2D eigenvalue weighted by Gasteiger charge is 2.28. The molecule has 25 heavy (non-hydrogen) atoms. The van der Waals surface area contributed by atoms with Gasteiger partial charge in [-0.25, -0.2) is 9.97 Å². The minimum atomic E-state index is -0.00564. The second-order valence-corrected chi connectivity index (χ2v) is 6.77. The Labute approximate surface area is 150 Å². The Morgan fingerprint density at radius 2 is 2.08 bits per heavy atom. The van der Waals surface area contributed by atoms with E-state index < -0.39 is 0 Å². The Morgan fingerprint density at radius 3 is 2.84 bits per heavy atom. The van der Waals surface area contributed by atoms with E-state index in [0.29, 0.717) is 5.02 Å². The van der Waals surface area contributed by atoms with Crippen molar-refractivity contribution in [3.05, 3.63) is 59.4 Å². The predicted octanol–water partition coefficient (Wildman–Crippen LogP) is 3.97. The maximum absolute atomic E-state index is 12.3. The predicted molar refractivity (Wildman–Crippen MR) is 95.6 cm³/mol. The van der Waals surface area contributed by atoms with Gasteiger partial charge in [-0.15, -0.1) is 0 Å². The molecule has 0 N–H and O–H groups in total. The molecule has 1 aromatic carbocycles. The monoisotopic (exact) mass is 355 g/mol. The number of likely N-dealkylation sites (tertiary alicyclic amines) is 1. The van der Waals surface area contributed by atoms with Crippen LogP contribution in [0.3, 0.4) is 0 Å². The van der Waals surface area contributed by atoms with Crippen LogP contribution in [0.25, 0.3) is 10.9 Å². The fourth-order valence-corrected chi connectivity index (χ4v) is 3.57. The number of Topliss-reactive ketones (excluding diaryl/α,β-unsaturated/α-hetero) is 1. The molecule has 4 rings (SSSR count). The van der Waals surface area contributed by atoms with Crippen molar-refractivity contribution >= 4 is 28.3 Å². The van der Waals surface area contributed by atoms with Crippen LogP contribution in [0.5, 0.6) is 0 Å². The zero-order valence-electron chi connectivity index (χ0n) is 13.7. The molecular weight excluding hydrogens is 338 g/mol. The number of aromatic nitrogens is 2. The van der Waals surface area contributed by atoms with Crippen LogP contribution in [0.15, 0.2) is 47.2 Å². The molecular formula is C19H18ClN3O2. The first kappa shape index (κ1) is 16.2. The van der Waals surface area contributed by atoms with Gasteiger partial charge in [0.05, 0.1) is 22.4 Å². The lowest BCUT2D eigenvalue weighted by Crippen LogP contribution is -2.36. The molecule has 5 nitrogen and oxygen atoms in total. The van der Waals surface area contributed by atoms with Crippen molar-refractivity contribution in [2.24, 2.45) is 5.92 Å². The lowest BCUT2D eigenvalue weighted by molar-refractivity contribution is 0.0798. The van der Waals surface area contributed by atoms with Gasteiger partial charge in [-0.2, -0.15) is 0 Å². The van der Waals surface area contributed by atoms with E-state index >= 15 is 0 Å². The smallest absolute Gasteiger partial charge is 0.263 e. The number of nitrogens with zero attached hydrogens (tertiary/aromatic N) is 3. The summed E-state index contributed by atoms with van der Waals surface area (Å²) in [5.74, 6) is 0.235. The van der Waals surface area contributed by atoms with Crippen LogP contribution in [0, 0.1) is 5.92 Å². The van der Waals surface area contributed by atoms with Crippen molar-refractivity contribution in [2.75, 3.05) is 13.1 Å². The van der Waals surface area contributed by atoms with Crippen molar-refractivity contribution in [1.82, 2.24) is 14.9 Å².